The van der Waals surface area contributed by atoms with E-state index in [1.165, 1.54) is 24.3 Å². The molecule has 0 atom stereocenters. The number of benzene rings is 3. The van der Waals surface area contributed by atoms with E-state index in [-0.39, 0.29) is 36.5 Å². The Labute approximate surface area is 217 Å². The van der Waals surface area contributed by atoms with Crippen LogP contribution < -0.4 is 20.1 Å². The Morgan fingerprint density at radius 1 is 0.946 bits per heavy atom. The molecular weight excluding hydrogens is 497 g/mol. The predicted octanol–water partition coefficient (Wildman–Crippen LogP) is 3.84. The molecule has 2 N–H and O–H groups in total. The highest BCUT2D eigenvalue weighted by molar-refractivity contribution is 7.99. The molecule has 0 unspecified atom stereocenters. The number of hydrogen-bond donors (Lipinski definition) is 2. The summed E-state index contributed by atoms with van der Waals surface area (Å²) >= 11 is 1.16. The molecule has 0 saturated heterocycles. The second kappa shape index (κ2) is 12.5. The van der Waals surface area contributed by atoms with Crippen molar-refractivity contribution < 1.29 is 23.5 Å². The van der Waals surface area contributed by atoms with Crippen LogP contribution >= 0.6 is 11.8 Å². The molecule has 0 aliphatic heterocycles. The van der Waals surface area contributed by atoms with Crippen LogP contribution in [-0.4, -0.2) is 46.0 Å². The first-order chi connectivity index (χ1) is 18.0. The molecule has 1 aromatic heterocycles. The van der Waals surface area contributed by atoms with Gasteiger partial charge in [-0.25, -0.2) is 4.39 Å². The molecule has 190 valence electrons. The molecule has 0 fully saturated rings. The summed E-state index contributed by atoms with van der Waals surface area (Å²) in [5.74, 6) is 0.627. The number of carbonyl (C=O) groups excluding carboxylic acids is 2. The maximum atomic E-state index is 13.1. The van der Waals surface area contributed by atoms with Crippen molar-refractivity contribution in [2.24, 2.45) is 0 Å². The van der Waals surface area contributed by atoms with E-state index < -0.39 is 0 Å². The van der Waals surface area contributed by atoms with Gasteiger partial charge in [-0.3, -0.25) is 14.2 Å². The maximum Gasteiger partial charge on any atom is 0.258 e. The van der Waals surface area contributed by atoms with Crippen molar-refractivity contribution in [1.82, 2.24) is 20.1 Å². The van der Waals surface area contributed by atoms with Crippen molar-refractivity contribution in [3.8, 4) is 17.2 Å². The minimum absolute atomic E-state index is 0.0297. The van der Waals surface area contributed by atoms with E-state index in [1.54, 1.807) is 29.9 Å². The number of carbonyl (C=O) groups is 2. The quantitative estimate of drug-likeness (QED) is 0.289. The molecule has 4 aromatic rings. The number of aromatic nitrogens is 3. The number of hydrogen-bond acceptors (Lipinski definition) is 7. The Bertz CT molecular complexity index is 1350. The number of methoxy groups -OCH3 is 1. The third kappa shape index (κ3) is 7.07. The number of halogens is 1. The number of amides is 2. The fraction of sp³-hybridized carbons (Fsp3) is 0.154. The van der Waals surface area contributed by atoms with E-state index in [2.05, 4.69) is 20.8 Å². The topological polar surface area (TPSA) is 107 Å². The van der Waals surface area contributed by atoms with Gasteiger partial charge in [0, 0.05) is 5.69 Å². The standard InChI is InChI=1S/C26H24FN5O4S/c1-35-22-10-6-5-9-21(22)32-23(15-28-24(33)16-36-20-7-3-2-4-8-20)30-31-26(32)37-17-25(34)29-19-13-11-18(27)12-14-19/h2-14H,15-17H2,1H3,(H,28,33)(H,29,34). The minimum Gasteiger partial charge on any atom is -0.495 e. The minimum atomic E-state index is -0.386. The zero-order valence-electron chi connectivity index (χ0n) is 19.9. The van der Waals surface area contributed by atoms with Crippen molar-refractivity contribution in [2.75, 3.05) is 24.8 Å². The van der Waals surface area contributed by atoms with E-state index in [9.17, 15) is 14.0 Å². The summed E-state index contributed by atoms with van der Waals surface area (Å²) in [5.41, 5.74) is 1.14. The second-order valence-corrected chi connectivity index (χ2v) is 8.57. The van der Waals surface area contributed by atoms with Crippen molar-refractivity contribution in [1.29, 1.82) is 0 Å². The van der Waals surface area contributed by atoms with Gasteiger partial charge in [-0.15, -0.1) is 10.2 Å². The van der Waals surface area contributed by atoms with Crippen molar-refractivity contribution in [3.05, 3.63) is 90.5 Å². The number of ether oxygens (including phenoxy) is 2. The summed E-state index contributed by atoms with van der Waals surface area (Å²) in [5, 5.41) is 14.4. The number of thioether (sulfide) groups is 1. The number of nitrogens with one attached hydrogen (secondary N) is 2. The lowest BCUT2D eigenvalue weighted by Gasteiger charge is -2.14. The van der Waals surface area contributed by atoms with Gasteiger partial charge in [0.25, 0.3) is 5.91 Å². The SMILES string of the molecule is COc1ccccc1-n1c(CNC(=O)COc2ccccc2)nnc1SCC(=O)Nc1ccc(F)cc1. The molecule has 0 saturated carbocycles. The Kier molecular flexibility index (Phi) is 8.71. The van der Waals surface area contributed by atoms with Gasteiger partial charge < -0.3 is 20.1 Å². The third-order valence-electron chi connectivity index (χ3n) is 5.04. The van der Waals surface area contributed by atoms with Gasteiger partial charge in [0.15, 0.2) is 17.6 Å². The monoisotopic (exact) mass is 521 g/mol. The highest BCUT2D eigenvalue weighted by Crippen LogP contribution is 2.28. The van der Waals surface area contributed by atoms with E-state index in [0.717, 1.165) is 11.8 Å². The number of nitrogens with zero attached hydrogens (tertiary/aromatic N) is 3. The van der Waals surface area contributed by atoms with Crippen LogP contribution in [0, 0.1) is 5.82 Å². The third-order valence-corrected chi connectivity index (χ3v) is 5.97. The average molecular weight is 522 g/mol. The van der Waals surface area contributed by atoms with Crippen molar-refractivity contribution in [2.45, 2.75) is 11.7 Å². The normalized spacial score (nSPS) is 10.5. The van der Waals surface area contributed by atoms with Crippen LogP contribution in [0.25, 0.3) is 5.69 Å². The lowest BCUT2D eigenvalue weighted by Crippen LogP contribution is -2.29. The molecule has 37 heavy (non-hydrogen) atoms. The van der Waals surface area contributed by atoms with E-state index in [1.807, 2.05) is 36.4 Å². The highest BCUT2D eigenvalue weighted by atomic mass is 32.2. The molecule has 4 rings (SSSR count). The van der Waals surface area contributed by atoms with Gasteiger partial charge in [0.1, 0.15) is 17.3 Å². The van der Waals surface area contributed by atoms with E-state index >= 15 is 0 Å². The van der Waals surface area contributed by atoms with Crippen LogP contribution in [0.2, 0.25) is 0 Å². The lowest BCUT2D eigenvalue weighted by atomic mass is 10.3. The fourth-order valence-corrected chi connectivity index (χ4v) is 4.08. The molecule has 11 heteroatoms. The zero-order chi connectivity index (χ0) is 26.0. The second-order valence-electron chi connectivity index (χ2n) is 7.63. The molecule has 3 aromatic carbocycles. The van der Waals surface area contributed by atoms with Gasteiger partial charge in [0.05, 0.1) is 25.1 Å². The van der Waals surface area contributed by atoms with Gasteiger partial charge in [-0.2, -0.15) is 0 Å². The van der Waals surface area contributed by atoms with E-state index in [4.69, 9.17) is 9.47 Å². The first-order valence-electron chi connectivity index (χ1n) is 11.2. The predicted molar refractivity (Wildman–Crippen MR) is 137 cm³/mol. The summed E-state index contributed by atoms with van der Waals surface area (Å²) in [6.07, 6.45) is 0. The molecule has 0 aliphatic rings. The zero-order valence-corrected chi connectivity index (χ0v) is 20.7. The Hall–Kier alpha value is -4.38. The number of anilines is 1. The smallest absolute Gasteiger partial charge is 0.258 e. The van der Waals surface area contributed by atoms with Crippen LogP contribution in [0.15, 0.2) is 84.0 Å². The van der Waals surface area contributed by atoms with Gasteiger partial charge in [-0.1, -0.05) is 42.1 Å². The summed E-state index contributed by atoms with van der Waals surface area (Å²) in [7, 11) is 1.55. The first-order valence-corrected chi connectivity index (χ1v) is 12.2. The number of para-hydroxylation sites is 3. The van der Waals surface area contributed by atoms with Crippen LogP contribution in [0.4, 0.5) is 10.1 Å². The summed E-state index contributed by atoms with van der Waals surface area (Å²) in [6.45, 7) is -0.0810. The summed E-state index contributed by atoms with van der Waals surface area (Å²) < 4.78 is 25.8. The molecule has 0 spiro atoms. The Morgan fingerprint density at radius 2 is 1.68 bits per heavy atom. The fourth-order valence-electron chi connectivity index (χ4n) is 3.32. The molecule has 0 aliphatic carbocycles. The summed E-state index contributed by atoms with van der Waals surface area (Å²) in [4.78, 5) is 24.9. The summed E-state index contributed by atoms with van der Waals surface area (Å²) in [6, 6.07) is 21.8. The van der Waals surface area contributed by atoms with Gasteiger partial charge in [-0.05, 0) is 48.5 Å². The molecule has 9 nitrogen and oxygen atoms in total. The van der Waals surface area contributed by atoms with Crippen molar-refractivity contribution >= 4 is 29.3 Å². The highest BCUT2D eigenvalue weighted by Gasteiger charge is 2.19. The average Bonchev–Trinajstić information content (AvgIpc) is 3.34. The van der Waals surface area contributed by atoms with Gasteiger partial charge >= 0.3 is 0 Å². The van der Waals surface area contributed by atoms with Crippen LogP contribution in [0.5, 0.6) is 11.5 Å². The first kappa shape index (κ1) is 25.7. The largest absolute Gasteiger partial charge is 0.495 e. The lowest BCUT2D eigenvalue weighted by molar-refractivity contribution is -0.123. The van der Waals surface area contributed by atoms with Crippen molar-refractivity contribution in [3.63, 3.8) is 0 Å². The maximum absolute atomic E-state index is 13.1. The number of rotatable bonds is 11. The molecule has 0 bridgehead atoms. The Morgan fingerprint density at radius 3 is 2.43 bits per heavy atom. The van der Waals surface area contributed by atoms with Crippen LogP contribution in [-0.2, 0) is 16.1 Å². The molecular formula is C26H24FN5O4S. The molecule has 0 radical (unpaired) electrons. The van der Waals surface area contributed by atoms with E-state index in [0.29, 0.717) is 33.9 Å². The van der Waals surface area contributed by atoms with Crippen LogP contribution in [0.3, 0.4) is 0 Å². The van der Waals surface area contributed by atoms with Gasteiger partial charge in [0.2, 0.25) is 5.91 Å². The Balaban J connectivity index is 1.46. The van der Waals surface area contributed by atoms with Crippen LogP contribution in [0.1, 0.15) is 5.82 Å². The molecule has 1 heterocycles. The molecule has 2 amide bonds.